The second-order valence-electron chi connectivity index (χ2n) is 2.08. The molecule has 0 aliphatic carbocycles. The monoisotopic (exact) mass is 147 g/mol. The van der Waals surface area contributed by atoms with Gasteiger partial charge < -0.3 is 10.8 Å². The van der Waals surface area contributed by atoms with Gasteiger partial charge >= 0.3 is 0 Å². The molecular weight excluding hydrogens is 138 g/mol. The molecule has 0 amide bonds. The van der Waals surface area contributed by atoms with Crippen LogP contribution in [0.1, 0.15) is 5.56 Å². The van der Waals surface area contributed by atoms with Crippen LogP contribution in [0.2, 0.25) is 0 Å². The Labute approximate surface area is 65.7 Å². The Balaban J connectivity index is 2.82. The zero-order valence-electron chi connectivity index (χ0n) is 6.04. The van der Waals surface area contributed by atoms with Gasteiger partial charge in [0, 0.05) is 11.3 Å². The first-order valence-electron chi connectivity index (χ1n) is 3.28. The Hall–Kier alpha value is -1.46. The molecule has 0 bridgehead atoms. The molecule has 1 rings (SSSR count). The molecule has 2 nitrogen and oxygen atoms in total. The van der Waals surface area contributed by atoms with Crippen LogP contribution in [0.3, 0.4) is 0 Å². The molecule has 56 valence electrons. The number of benzene rings is 1. The van der Waals surface area contributed by atoms with Gasteiger partial charge in [0.25, 0.3) is 0 Å². The molecule has 11 heavy (non-hydrogen) atoms. The molecule has 0 aliphatic heterocycles. The Morgan fingerprint density at radius 3 is 2.45 bits per heavy atom. The first kappa shape index (κ1) is 7.64. The number of rotatable bonds is 0. The van der Waals surface area contributed by atoms with Crippen molar-refractivity contribution in [1.82, 2.24) is 0 Å². The van der Waals surface area contributed by atoms with E-state index < -0.39 is 0 Å². The average Bonchev–Trinajstić information content (AvgIpc) is 2.04. The van der Waals surface area contributed by atoms with Crippen LogP contribution in [-0.2, 0) is 0 Å². The van der Waals surface area contributed by atoms with Crippen LogP contribution < -0.4 is 5.73 Å². The van der Waals surface area contributed by atoms with Gasteiger partial charge in [-0.15, -0.1) is 0 Å². The zero-order valence-corrected chi connectivity index (χ0v) is 6.04. The van der Waals surface area contributed by atoms with E-state index in [1.165, 1.54) is 0 Å². The van der Waals surface area contributed by atoms with Gasteiger partial charge in [0.15, 0.2) is 0 Å². The van der Waals surface area contributed by atoms with E-state index in [1.807, 2.05) is 12.1 Å². The Morgan fingerprint density at radius 2 is 1.91 bits per heavy atom. The van der Waals surface area contributed by atoms with E-state index in [2.05, 4.69) is 11.8 Å². The van der Waals surface area contributed by atoms with Crippen LogP contribution in [0.25, 0.3) is 0 Å². The second kappa shape index (κ2) is 3.65. The standard InChI is InChI=1S/C9H9NO/c10-9-5-3-8(4-6-9)2-1-7-11/h3-6,11H,7,10H2. The van der Waals surface area contributed by atoms with Gasteiger partial charge in [-0.05, 0) is 24.3 Å². The Morgan fingerprint density at radius 1 is 1.27 bits per heavy atom. The fourth-order valence-corrected chi connectivity index (χ4v) is 0.708. The molecule has 0 heterocycles. The van der Waals surface area contributed by atoms with E-state index in [0.29, 0.717) is 0 Å². The highest BCUT2D eigenvalue weighted by Crippen LogP contribution is 2.03. The lowest BCUT2D eigenvalue weighted by molar-refractivity contribution is 0.350. The van der Waals surface area contributed by atoms with Crippen molar-refractivity contribution in [3.63, 3.8) is 0 Å². The van der Waals surface area contributed by atoms with Gasteiger partial charge in [-0.3, -0.25) is 0 Å². The number of anilines is 1. The molecule has 0 radical (unpaired) electrons. The molecule has 0 aromatic heterocycles. The molecule has 0 aliphatic rings. The maximum atomic E-state index is 8.38. The van der Waals surface area contributed by atoms with Crippen molar-refractivity contribution in [2.24, 2.45) is 0 Å². The normalized spacial score (nSPS) is 8.45. The third kappa shape index (κ3) is 2.32. The number of aliphatic hydroxyl groups excluding tert-OH is 1. The lowest BCUT2D eigenvalue weighted by atomic mass is 10.2. The first-order valence-corrected chi connectivity index (χ1v) is 3.28. The summed E-state index contributed by atoms with van der Waals surface area (Å²) in [5.41, 5.74) is 7.05. The van der Waals surface area contributed by atoms with Crippen LogP contribution in [0.4, 0.5) is 5.69 Å². The predicted octanol–water partition coefficient (Wildman–Crippen LogP) is 0.613. The molecule has 1 aromatic rings. The maximum absolute atomic E-state index is 8.38. The van der Waals surface area contributed by atoms with Gasteiger partial charge in [0.2, 0.25) is 0 Å². The van der Waals surface area contributed by atoms with Crippen LogP contribution in [0, 0.1) is 11.8 Å². The van der Waals surface area contributed by atoms with E-state index in [0.717, 1.165) is 11.3 Å². The van der Waals surface area contributed by atoms with Gasteiger partial charge in [-0.2, -0.15) is 0 Å². The minimum absolute atomic E-state index is 0.107. The minimum Gasteiger partial charge on any atom is -0.399 e. The summed E-state index contributed by atoms with van der Waals surface area (Å²) in [6.07, 6.45) is 0. The van der Waals surface area contributed by atoms with Crippen LogP contribution in [-0.4, -0.2) is 11.7 Å². The predicted molar refractivity (Wildman–Crippen MR) is 44.8 cm³/mol. The third-order valence-corrected chi connectivity index (χ3v) is 1.22. The van der Waals surface area contributed by atoms with Crippen molar-refractivity contribution in [1.29, 1.82) is 0 Å². The summed E-state index contributed by atoms with van der Waals surface area (Å²) in [6.45, 7) is -0.107. The third-order valence-electron chi connectivity index (χ3n) is 1.22. The average molecular weight is 147 g/mol. The summed E-state index contributed by atoms with van der Waals surface area (Å²) < 4.78 is 0. The number of nitrogen functional groups attached to an aromatic ring is 1. The summed E-state index contributed by atoms with van der Waals surface area (Å²) in [4.78, 5) is 0. The highest BCUT2D eigenvalue weighted by Gasteiger charge is 1.84. The molecule has 2 heteroatoms. The number of hydrogen-bond acceptors (Lipinski definition) is 2. The van der Waals surface area contributed by atoms with E-state index in [1.54, 1.807) is 12.1 Å². The van der Waals surface area contributed by atoms with Gasteiger partial charge in [-0.1, -0.05) is 11.8 Å². The summed E-state index contributed by atoms with van der Waals surface area (Å²) >= 11 is 0. The summed E-state index contributed by atoms with van der Waals surface area (Å²) in [5, 5.41) is 8.38. The highest BCUT2D eigenvalue weighted by atomic mass is 16.2. The van der Waals surface area contributed by atoms with Crippen molar-refractivity contribution in [3.8, 4) is 11.8 Å². The second-order valence-corrected chi connectivity index (χ2v) is 2.08. The van der Waals surface area contributed by atoms with E-state index >= 15 is 0 Å². The zero-order chi connectivity index (χ0) is 8.10. The highest BCUT2D eigenvalue weighted by molar-refractivity contribution is 5.44. The number of nitrogens with two attached hydrogens (primary N) is 1. The van der Waals surface area contributed by atoms with Crippen molar-refractivity contribution in [2.45, 2.75) is 0 Å². The van der Waals surface area contributed by atoms with Crippen molar-refractivity contribution in [3.05, 3.63) is 29.8 Å². The summed E-state index contributed by atoms with van der Waals surface area (Å²) in [6, 6.07) is 7.19. The molecule has 0 spiro atoms. The fourth-order valence-electron chi connectivity index (χ4n) is 0.708. The van der Waals surface area contributed by atoms with Crippen molar-refractivity contribution in [2.75, 3.05) is 12.3 Å². The number of hydrogen-bond donors (Lipinski definition) is 2. The Bertz CT molecular complexity index is 279. The molecule has 0 atom stereocenters. The number of aliphatic hydroxyl groups is 1. The Kier molecular flexibility index (Phi) is 2.53. The lowest BCUT2D eigenvalue weighted by Crippen LogP contribution is -1.83. The van der Waals surface area contributed by atoms with Crippen LogP contribution in [0.15, 0.2) is 24.3 Å². The fraction of sp³-hybridized carbons (Fsp3) is 0.111. The smallest absolute Gasteiger partial charge is 0.104 e. The molecule has 0 fully saturated rings. The van der Waals surface area contributed by atoms with Gasteiger partial charge in [0.1, 0.15) is 6.61 Å². The molecule has 1 aromatic carbocycles. The molecule has 0 saturated heterocycles. The quantitative estimate of drug-likeness (QED) is 0.417. The molecule has 0 saturated carbocycles. The van der Waals surface area contributed by atoms with Crippen LogP contribution in [0.5, 0.6) is 0 Å². The lowest BCUT2D eigenvalue weighted by Gasteiger charge is -1.90. The minimum atomic E-state index is -0.107. The summed E-state index contributed by atoms with van der Waals surface area (Å²) in [7, 11) is 0. The maximum Gasteiger partial charge on any atom is 0.104 e. The molecule has 0 unspecified atom stereocenters. The SMILES string of the molecule is Nc1ccc(C#CCO)cc1. The van der Waals surface area contributed by atoms with E-state index in [9.17, 15) is 0 Å². The molecule has 3 N–H and O–H groups in total. The molecular formula is C9H9NO. The van der Waals surface area contributed by atoms with Crippen molar-refractivity contribution < 1.29 is 5.11 Å². The largest absolute Gasteiger partial charge is 0.399 e. The first-order chi connectivity index (χ1) is 5.33. The summed E-state index contributed by atoms with van der Waals surface area (Å²) in [5.74, 6) is 5.31. The van der Waals surface area contributed by atoms with Gasteiger partial charge in [0.05, 0.1) is 0 Å². The van der Waals surface area contributed by atoms with Crippen LogP contribution >= 0.6 is 0 Å². The van der Waals surface area contributed by atoms with E-state index in [-0.39, 0.29) is 6.61 Å². The van der Waals surface area contributed by atoms with Gasteiger partial charge in [-0.25, -0.2) is 0 Å². The topological polar surface area (TPSA) is 46.2 Å². The van der Waals surface area contributed by atoms with E-state index in [4.69, 9.17) is 10.8 Å². The van der Waals surface area contributed by atoms with Crippen molar-refractivity contribution >= 4 is 5.69 Å².